The number of ether oxygens (including phenoxy) is 2. The van der Waals surface area contributed by atoms with Crippen molar-refractivity contribution in [1.82, 2.24) is 5.32 Å². The fraction of sp³-hybridized carbons (Fsp3) is 0.474. The molecular weight excluding hydrogens is 468 g/mol. The number of benzene rings is 1. The van der Waals surface area contributed by atoms with Crippen LogP contribution >= 0.6 is 0 Å². The maximum Gasteiger partial charge on any atom is 0.416 e. The molecule has 0 fully saturated rings. The van der Waals surface area contributed by atoms with Crippen LogP contribution < -0.4 is 5.32 Å². The van der Waals surface area contributed by atoms with Gasteiger partial charge in [0, 0.05) is 5.56 Å². The van der Waals surface area contributed by atoms with Crippen molar-refractivity contribution in [3.63, 3.8) is 0 Å². The van der Waals surface area contributed by atoms with Gasteiger partial charge in [0.1, 0.15) is 6.04 Å². The number of aliphatic carboxylic acids is 1. The molecule has 0 unspecified atom stereocenters. The Bertz CT molecular complexity index is 865. The summed E-state index contributed by atoms with van der Waals surface area (Å²) in [6, 6.07) is -2.26. The lowest BCUT2D eigenvalue weighted by molar-refractivity contribution is -0.159. The number of carboxylic acids is 1. The van der Waals surface area contributed by atoms with Crippen molar-refractivity contribution < 1.29 is 60.1 Å². The van der Waals surface area contributed by atoms with Crippen molar-refractivity contribution in [3.05, 3.63) is 34.9 Å². The van der Waals surface area contributed by atoms with Crippen molar-refractivity contribution >= 4 is 23.8 Å². The minimum Gasteiger partial charge on any atom is -0.480 e. The Kier molecular flexibility index (Phi) is 9.24. The molecule has 1 rings (SSSR count). The maximum atomic E-state index is 13.0. The van der Waals surface area contributed by atoms with Crippen molar-refractivity contribution in [1.29, 1.82) is 0 Å². The number of esters is 2. The van der Waals surface area contributed by atoms with Crippen LogP contribution in [0.1, 0.15) is 41.8 Å². The van der Waals surface area contributed by atoms with E-state index in [0.717, 1.165) is 0 Å². The Morgan fingerprint density at radius 3 is 1.79 bits per heavy atom. The van der Waals surface area contributed by atoms with Gasteiger partial charge in [-0.2, -0.15) is 26.3 Å². The van der Waals surface area contributed by atoms with Gasteiger partial charge in [-0.15, -0.1) is 0 Å². The van der Waals surface area contributed by atoms with Gasteiger partial charge >= 0.3 is 30.3 Å². The molecule has 1 aromatic rings. The molecule has 184 valence electrons. The number of amides is 1. The summed E-state index contributed by atoms with van der Waals surface area (Å²) in [7, 11) is 0. The maximum absolute atomic E-state index is 13.0. The molecule has 14 heteroatoms. The standard InChI is InChI=1S/C19H19F6NO7/c1-3-32-13(27)8-12(17(31)33-4-2)14(16(29)30)26-15(28)9-5-10(18(20,21)22)7-11(6-9)19(23,24)25/h5-7,12,14H,3-4,8H2,1-2H3,(H,26,28)(H,29,30)/t12-,14+/m1/s1. The van der Waals surface area contributed by atoms with Gasteiger partial charge in [-0.3, -0.25) is 14.4 Å². The molecule has 0 spiro atoms. The van der Waals surface area contributed by atoms with Gasteiger partial charge in [0.2, 0.25) is 0 Å². The Labute approximate surface area is 182 Å². The Balaban J connectivity index is 3.40. The number of carboxylic acid groups (broad SMARTS) is 1. The summed E-state index contributed by atoms with van der Waals surface area (Å²) in [6.07, 6.45) is -11.4. The van der Waals surface area contributed by atoms with Crippen LogP contribution in [0.5, 0.6) is 0 Å². The average molecular weight is 487 g/mol. The van der Waals surface area contributed by atoms with Crippen LogP contribution in [0.25, 0.3) is 0 Å². The van der Waals surface area contributed by atoms with Crippen LogP contribution in [-0.2, 0) is 36.2 Å². The molecule has 1 aromatic carbocycles. The molecule has 0 aliphatic heterocycles. The molecule has 0 saturated heterocycles. The van der Waals surface area contributed by atoms with Crippen LogP contribution in [0.15, 0.2) is 18.2 Å². The van der Waals surface area contributed by atoms with Gasteiger partial charge in [0.05, 0.1) is 36.7 Å². The molecular formula is C19H19F6NO7. The van der Waals surface area contributed by atoms with Gasteiger partial charge in [0.25, 0.3) is 5.91 Å². The third-order valence-electron chi connectivity index (χ3n) is 4.09. The second-order valence-corrected chi connectivity index (χ2v) is 6.45. The summed E-state index contributed by atoms with van der Waals surface area (Å²) in [5, 5.41) is 11.1. The van der Waals surface area contributed by atoms with Crippen LogP contribution in [0.4, 0.5) is 26.3 Å². The molecule has 1 amide bonds. The first-order chi connectivity index (χ1) is 15.1. The smallest absolute Gasteiger partial charge is 0.416 e. The molecule has 0 aliphatic carbocycles. The summed E-state index contributed by atoms with van der Waals surface area (Å²) >= 11 is 0. The van der Waals surface area contributed by atoms with E-state index >= 15 is 0 Å². The van der Waals surface area contributed by atoms with Crippen LogP contribution in [0.2, 0.25) is 0 Å². The Morgan fingerprint density at radius 1 is 0.909 bits per heavy atom. The van der Waals surface area contributed by atoms with E-state index in [4.69, 9.17) is 0 Å². The number of carbonyl (C=O) groups is 4. The molecule has 0 saturated carbocycles. The second kappa shape index (κ2) is 11.0. The lowest BCUT2D eigenvalue weighted by Crippen LogP contribution is -2.49. The molecule has 0 bridgehead atoms. The zero-order valence-corrected chi connectivity index (χ0v) is 17.2. The molecule has 0 radical (unpaired) electrons. The predicted octanol–water partition coefficient (Wildman–Crippen LogP) is 3.04. The summed E-state index contributed by atoms with van der Waals surface area (Å²) in [4.78, 5) is 48.1. The minimum atomic E-state index is -5.25. The predicted molar refractivity (Wildman–Crippen MR) is 96.7 cm³/mol. The van der Waals surface area contributed by atoms with E-state index in [1.54, 1.807) is 5.32 Å². The first kappa shape index (κ1) is 27.7. The normalized spacial score (nSPS) is 13.6. The van der Waals surface area contributed by atoms with E-state index < -0.39 is 71.2 Å². The fourth-order valence-electron chi connectivity index (χ4n) is 2.63. The highest BCUT2D eigenvalue weighted by molar-refractivity contribution is 5.98. The number of hydrogen-bond acceptors (Lipinski definition) is 6. The van der Waals surface area contributed by atoms with Crippen molar-refractivity contribution in [2.45, 2.75) is 38.7 Å². The second-order valence-electron chi connectivity index (χ2n) is 6.45. The molecule has 8 nitrogen and oxygen atoms in total. The zero-order chi connectivity index (χ0) is 25.6. The SMILES string of the molecule is CCOC(=O)C[C@@H](C(=O)OCC)[C@H](NC(=O)c1cc(C(F)(F)F)cc(C(F)(F)F)c1)C(=O)O. The lowest BCUT2D eigenvalue weighted by atomic mass is 9.95. The van der Waals surface area contributed by atoms with Crippen LogP contribution in [0.3, 0.4) is 0 Å². The van der Waals surface area contributed by atoms with E-state index in [1.165, 1.54) is 13.8 Å². The number of hydrogen-bond donors (Lipinski definition) is 2. The van der Waals surface area contributed by atoms with Gasteiger partial charge in [-0.25, -0.2) is 4.79 Å². The Hall–Kier alpha value is -3.32. The largest absolute Gasteiger partial charge is 0.480 e. The first-order valence-corrected chi connectivity index (χ1v) is 9.27. The number of nitrogens with one attached hydrogen (secondary N) is 1. The monoisotopic (exact) mass is 487 g/mol. The molecule has 33 heavy (non-hydrogen) atoms. The molecule has 0 aromatic heterocycles. The van der Waals surface area contributed by atoms with Crippen LogP contribution in [0, 0.1) is 5.92 Å². The quantitative estimate of drug-likeness (QED) is 0.406. The molecule has 0 heterocycles. The number of carbonyl (C=O) groups excluding carboxylic acids is 3. The highest BCUT2D eigenvalue weighted by atomic mass is 19.4. The van der Waals surface area contributed by atoms with Crippen molar-refractivity contribution in [2.24, 2.45) is 5.92 Å². The average Bonchev–Trinajstić information content (AvgIpc) is 2.68. The zero-order valence-electron chi connectivity index (χ0n) is 17.2. The number of alkyl halides is 6. The third-order valence-corrected chi connectivity index (χ3v) is 4.09. The van der Waals surface area contributed by atoms with E-state index in [9.17, 15) is 50.6 Å². The van der Waals surface area contributed by atoms with Crippen molar-refractivity contribution in [3.8, 4) is 0 Å². The Morgan fingerprint density at radius 2 is 1.39 bits per heavy atom. The van der Waals surface area contributed by atoms with E-state index in [0.29, 0.717) is 0 Å². The van der Waals surface area contributed by atoms with Gasteiger partial charge in [-0.1, -0.05) is 0 Å². The molecule has 0 aliphatic rings. The number of rotatable bonds is 9. The van der Waals surface area contributed by atoms with E-state index in [-0.39, 0.29) is 31.4 Å². The lowest BCUT2D eigenvalue weighted by Gasteiger charge is -2.23. The first-order valence-electron chi connectivity index (χ1n) is 9.27. The van der Waals surface area contributed by atoms with Gasteiger partial charge in [-0.05, 0) is 32.0 Å². The van der Waals surface area contributed by atoms with Crippen LogP contribution in [-0.4, -0.2) is 48.2 Å². The molecule has 2 atom stereocenters. The van der Waals surface area contributed by atoms with E-state index in [1.807, 2.05) is 0 Å². The topological polar surface area (TPSA) is 119 Å². The van der Waals surface area contributed by atoms with Crippen molar-refractivity contribution in [2.75, 3.05) is 13.2 Å². The van der Waals surface area contributed by atoms with E-state index in [2.05, 4.69) is 9.47 Å². The summed E-state index contributed by atoms with van der Waals surface area (Å²) < 4.78 is 87.4. The summed E-state index contributed by atoms with van der Waals surface area (Å²) in [5.74, 6) is -7.73. The number of halogens is 6. The fourth-order valence-corrected chi connectivity index (χ4v) is 2.63. The summed E-state index contributed by atoms with van der Waals surface area (Å²) in [5.41, 5.74) is -4.77. The van der Waals surface area contributed by atoms with Gasteiger partial charge in [0.15, 0.2) is 0 Å². The minimum absolute atomic E-state index is 0.0915. The summed E-state index contributed by atoms with van der Waals surface area (Å²) in [6.45, 7) is 2.39. The highest BCUT2D eigenvalue weighted by Gasteiger charge is 2.40. The molecule has 2 N–H and O–H groups in total. The van der Waals surface area contributed by atoms with Gasteiger partial charge < -0.3 is 19.9 Å². The third kappa shape index (κ3) is 7.95. The highest BCUT2D eigenvalue weighted by Crippen LogP contribution is 2.36.